The number of rotatable bonds is 4. The van der Waals surface area contributed by atoms with Crippen molar-refractivity contribution < 1.29 is 9.90 Å². The van der Waals surface area contributed by atoms with Gasteiger partial charge in [0.2, 0.25) is 0 Å². The topological polar surface area (TPSA) is 63.1 Å². The second kappa shape index (κ2) is 6.23. The first-order valence-corrected chi connectivity index (χ1v) is 6.93. The van der Waals surface area contributed by atoms with Crippen molar-refractivity contribution in [3.63, 3.8) is 0 Å². The van der Waals surface area contributed by atoms with E-state index in [4.69, 9.17) is 28.3 Å². The molecule has 0 aromatic carbocycles. The SMILES string of the molecule is O=C(O)c1ccnc(SCc2ccc(Cl)nc2Cl)c1. The highest BCUT2D eigenvalue weighted by atomic mass is 35.5. The molecule has 0 fully saturated rings. The lowest BCUT2D eigenvalue weighted by Crippen LogP contribution is -1.97. The number of carboxylic acids is 1. The Morgan fingerprint density at radius 1 is 1.32 bits per heavy atom. The summed E-state index contributed by atoms with van der Waals surface area (Å²) >= 11 is 13.0. The second-order valence-electron chi connectivity index (χ2n) is 3.56. The van der Waals surface area contributed by atoms with Crippen LogP contribution in [0.5, 0.6) is 0 Å². The van der Waals surface area contributed by atoms with Gasteiger partial charge in [-0.25, -0.2) is 14.8 Å². The van der Waals surface area contributed by atoms with Gasteiger partial charge in [0, 0.05) is 11.9 Å². The fourth-order valence-corrected chi connectivity index (χ4v) is 2.69. The summed E-state index contributed by atoms with van der Waals surface area (Å²) in [6, 6.07) is 6.41. The van der Waals surface area contributed by atoms with Crippen LogP contribution in [0.25, 0.3) is 0 Å². The van der Waals surface area contributed by atoms with Crippen molar-refractivity contribution >= 4 is 40.9 Å². The van der Waals surface area contributed by atoms with E-state index < -0.39 is 5.97 Å². The lowest BCUT2D eigenvalue weighted by molar-refractivity contribution is 0.0696. The molecule has 19 heavy (non-hydrogen) atoms. The van der Waals surface area contributed by atoms with Gasteiger partial charge in [0.1, 0.15) is 10.3 Å². The van der Waals surface area contributed by atoms with Crippen LogP contribution in [-0.2, 0) is 5.75 Å². The Balaban J connectivity index is 2.10. The second-order valence-corrected chi connectivity index (χ2v) is 5.30. The van der Waals surface area contributed by atoms with Gasteiger partial charge in [-0.2, -0.15) is 0 Å². The zero-order chi connectivity index (χ0) is 13.8. The molecule has 2 rings (SSSR count). The Kier molecular flexibility index (Phi) is 4.63. The molecule has 0 unspecified atom stereocenters. The molecule has 0 aliphatic carbocycles. The predicted octanol–water partition coefficient (Wildman–Crippen LogP) is 3.77. The van der Waals surface area contributed by atoms with Crippen LogP contribution in [0.1, 0.15) is 15.9 Å². The average Bonchev–Trinajstić information content (AvgIpc) is 2.38. The van der Waals surface area contributed by atoms with Gasteiger partial charge in [0.05, 0.1) is 10.6 Å². The Hall–Kier alpha value is -1.30. The fourth-order valence-electron chi connectivity index (χ4n) is 1.32. The number of carboxylic acid groups (broad SMARTS) is 1. The first-order chi connectivity index (χ1) is 9.06. The highest BCUT2D eigenvalue weighted by Gasteiger charge is 2.07. The van der Waals surface area contributed by atoms with E-state index in [0.717, 1.165) is 5.56 Å². The molecule has 0 amide bonds. The molecule has 1 N–H and O–H groups in total. The van der Waals surface area contributed by atoms with Crippen molar-refractivity contribution in [3.8, 4) is 0 Å². The molecule has 0 radical (unpaired) electrons. The average molecular weight is 315 g/mol. The van der Waals surface area contributed by atoms with Crippen molar-refractivity contribution in [2.75, 3.05) is 0 Å². The minimum Gasteiger partial charge on any atom is -0.478 e. The van der Waals surface area contributed by atoms with E-state index >= 15 is 0 Å². The van der Waals surface area contributed by atoms with Crippen LogP contribution in [0, 0.1) is 0 Å². The zero-order valence-electron chi connectivity index (χ0n) is 9.51. The van der Waals surface area contributed by atoms with Crippen LogP contribution in [0.4, 0.5) is 0 Å². The Bertz CT molecular complexity index is 622. The summed E-state index contributed by atoms with van der Waals surface area (Å²) in [6.07, 6.45) is 1.47. The fraction of sp³-hybridized carbons (Fsp3) is 0.0833. The summed E-state index contributed by atoms with van der Waals surface area (Å²) in [4.78, 5) is 18.9. The maximum absolute atomic E-state index is 10.8. The number of nitrogens with zero attached hydrogens (tertiary/aromatic N) is 2. The molecular formula is C12H8Cl2N2O2S. The zero-order valence-corrected chi connectivity index (χ0v) is 11.8. The number of pyridine rings is 2. The van der Waals surface area contributed by atoms with Crippen molar-refractivity contribution in [2.24, 2.45) is 0 Å². The number of aromatic carboxylic acids is 1. The van der Waals surface area contributed by atoms with E-state index in [-0.39, 0.29) is 5.56 Å². The van der Waals surface area contributed by atoms with Crippen molar-refractivity contribution in [2.45, 2.75) is 10.8 Å². The first-order valence-electron chi connectivity index (χ1n) is 5.19. The summed E-state index contributed by atoms with van der Waals surface area (Å²) in [7, 11) is 0. The maximum atomic E-state index is 10.8. The molecule has 0 saturated heterocycles. The van der Waals surface area contributed by atoms with Gasteiger partial charge in [-0.05, 0) is 23.8 Å². The van der Waals surface area contributed by atoms with E-state index in [1.807, 2.05) is 0 Å². The molecule has 4 nitrogen and oxygen atoms in total. The van der Waals surface area contributed by atoms with E-state index in [2.05, 4.69) is 9.97 Å². The summed E-state index contributed by atoms with van der Waals surface area (Å²) in [5.74, 6) is -0.436. The third-order valence-electron chi connectivity index (χ3n) is 2.25. The van der Waals surface area contributed by atoms with Gasteiger partial charge >= 0.3 is 5.97 Å². The molecule has 0 aliphatic rings. The van der Waals surface area contributed by atoms with E-state index in [1.165, 1.54) is 30.1 Å². The van der Waals surface area contributed by atoms with Gasteiger partial charge in [-0.1, -0.05) is 29.3 Å². The minimum absolute atomic E-state index is 0.206. The standard InChI is InChI=1S/C12H8Cl2N2O2S/c13-9-2-1-8(11(14)16-9)6-19-10-5-7(12(17)18)3-4-15-10/h1-5H,6H2,(H,17,18). The molecule has 98 valence electrons. The first kappa shape index (κ1) is 14.1. The van der Waals surface area contributed by atoms with Gasteiger partial charge in [0.15, 0.2) is 0 Å². The summed E-state index contributed by atoms with van der Waals surface area (Å²) < 4.78 is 0. The molecule has 0 aliphatic heterocycles. The van der Waals surface area contributed by atoms with Crippen LogP contribution < -0.4 is 0 Å². The molecule has 2 heterocycles. The molecule has 0 spiro atoms. The summed E-state index contributed by atoms with van der Waals surface area (Å²) in [5.41, 5.74) is 1.02. The molecular weight excluding hydrogens is 307 g/mol. The third kappa shape index (κ3) is 3.83. The minimum atomic E-state index is -0.976. The maximum Gasteiger partial charge on any atom is 0.335 e. The number of halogens is 2. The lowest BCUT2D eigenvalue weighted by atomic mass is 10.3. The van der Waals surface area contributed by atoms with Crippen LogP contribution in [-0.4, -0.2) is 21.0 Å². The normalized spacial score (nSPS) is 10.4. The van der Waals surface area contributed by atoms with Crippen LogP contribution in [0.15, 0.2) is 35.5 Å². The predicted molar refractivity (Wildman–Crippen MR) is 75.0 cm³/mol. The quantitative estimate of drug-likeness (QED) is 0.687. The molecule has 0 atom stereocenters. The van der Waals surface area contributed by atoms with Crippen LogP contribution in [0.3, 0.4) is 0 Å². The van der Waals surface area contributed by atoms with Crippen LogP contribution >= 0.6 is 35.0 Å². The van der Waals surface area contributed by atoms with Gasteiger partial charge in [-0.3, -0.25) is 0 Å². The Labute approximate surface area is 123 Å². The van der Waals surface area contributed by atoms with Crippen molar-refractivity contribution in [3.05, 3.63) is 51.9 Å². The molecule has 0 saturated carbocycles. The summed E-state index contributed by atoms with van der Waals surface area (Å²) in [6.45, 7) is 0. The Morgan fingerprint density at radius 2 is 2.11 bits per heavy atom. The molecule has 2 aromatic rings. The Morgan fingerprint density at radius 3 is 2.79 bits per heavy atom. The highest BCUT2D eigenvalue weighted by Crippen LogP contribution is 2.25. The number of aromatic nitrogens is 2. The lowest BCUT2D eigenvalue weighted by Gasteiger charge is -2.04. The molecule has 0 bridgehead atoms. The van der Waals surface area contributed by atoms with Crippen molar-refractivity contribution in [1.82, 2.24) is 9.97 Å². The third-order valence-corrected chi connectivity index (χ3v) is 3.76. The highest BCUT2D eigenvalue weighted by molar-refractivity contribution is 7.98. The van der Waals surface area contributed by atoms with Gasteiger partial charge in [-0.15, -0.1) is 11.8 Å². The largest absolute Gasteiger partial charge is 0.478 e. The molecule has 7 heteroatoms. The smallest absolute Gasteiger partial charge is 0.335 e. The number of hydrogen-bond donors (Lipinski definition) is 1. The summed E-state index contributed by atoms with van der Waals surface area (Å²) in [5, 5.41) is 10.2. The van der Waals surface area contributed by atoms with Gasteiger partial charge in [0.25, 0.3) is 0 Å². The van der Waals surface area contributed by atoms with Crippen molar-refractivity contribution in [1.29, 1.82) is 0 Å². The molecule has 2 aromatic heterocycles. The van der Waals surface area contributed by atoms with Gasteiger partial charge < -0.3 is 5.11 Å². The number of hydrogen-bond acceptors (Lipinski definition) is 4. The van der Waals surface area contributed by atoms with Crippen LogP contribution in [0.2, 0.25) is 10.3 Å². The van der Waals surface area contributed by atoms with E-state index in [0.29, 0.717) is 21.1 Å². The number of thioether (sulfide) groups is 1. The number of carbonyl (C=O) groups is 1. The monoisotopic (exact) mass is 314 g/mol. The van der Waals surface area contributed by atoms with E-state index in [9.17, 15) is 4.79 Å². The van der Waals surface area contributed by atoms with E-state index in [1.54, 1.807) is 12.1 Å².